The third kappa shape index (κ3) is 5.87. The molecule has 0 aliphatic heterocycles. The first-order chi connectivity index (χ1) is 16.3. The summed E-state index contributed by atoms with van der Waals surface area (Å²) >= 11 is 1.18. The molecule has 0 atom stereocenters. The Morgan fingerprint density at radius 3 is 2.44 bits per heavy atom. The molecule has 0 aliphatic carbocycles. The number of anilines is 1. The molecule has 0 saturated carbocycles. The summed E-state index contributed by atoms with van der Waals surface area (Å²) in [6.45, 7) is 0.459. The number of rotatable bonds is 8. The second-order valence-corrected chi connectivity index (χ2v) is 9.80. The molecule has 34 heavy (non-hydrogen) atoms. The van der Waals surface area contributed by atoms with Crippen LogP contribution in [0.4, 0.5) is 10.1 Å². The molecule has 11 heteroatoms. The topological polar surface area (TPSA) is 120 Å². The van der Waals surface area contributed by atoms with Crippen molar-refractivity contribution in [1.29, 1.82) is 0 Å². The molecule has 8 nitrogen and oxygen atoms in total. The molecule has 0 fully saturated rings. The van der Waals surface area contributed by atoms with Crippen LogP contribution in [0.5, 0.6) is 0 Å². The molecule has 174 valence electrons. The summed E-state index contributed by atoms with van der Waals surface area (Å²) in [5.41, 5.74) is 2.02. The van der Waals surface area contributed by atoms with Gasteiger partial charge in [-0.1, -0.05) is 48.2 Å². The molecule has 1 aromatic heterocycles. The number of sulfonamides is 1. The van der Waals surface area contributed by atoms with Crippen LogP contribution in [0.15, 0.2) is 88.9 Å². The number of hydrogen-bond donors (Lipinski definition) is 2. The standard InChI is InChI=1S/C23H20FN5O3S2/c24-18-11-9-17(10-12-18)22-27-28-23(29(22)14-16-5-2-1-3-6-16)33-15-21(30)26-19-7-4-8-20(13-19)34(25,31)32/h1-13H,14-15H2,(H,26,30)(H2,25,31,32). The van der Waals surface area contributed by atoms with E-state index in [1.54, 1.807) is 18.2 Å². The lowest BCUT2D eigenvalue weighted by Crippen LogP contribution is -2.16. The second-order valence-electron chi connectivity index (χ2n) is 7.29. The van der Waals surface area contributed by atoms with Gasteiger partial charge in [0.15, 0.2) is 11.0 Å². The Hall–Kier alpha value is -3.54. The smallest absolute Gasteiger partial charge is 0.238 e. The predicted octanol–water partition coefficient (Wildman–Crippen LogP) is 3.51. The molecular formula is C23H20FN5O3S2. The first-order valence-electron chi connectivity index (χ1n) is 10.1. The van der Waals surface area contributed by atoms with Crippen molar-refractivity contribution < 1.29 is 17.6 Å². The van der Waals surface area contributed by atoms with Crippen molar-refractivity contribution in [2.24, 2.45) is 5.14 Å². The maximum absolute atomic E-state index is 13.4. The summed E-state index contributed by atoms with van der Waals surface area (Å²) in [5, 5.41) is 16.8. The van der Waals surface area contributed by atoms with Crippen molar-refractivity contribution in [3.8, 4) is 11.4 Å². The van der Waals surface area contributed by atoms with Gasteiger partial charge in [0.25, 0.3) is 0 Å². The molecule has 0 spiro atoms. The highest BCUT2D eigenvalue weighted by molar-refractivity contribution is 7.99. The van der Waals surface area contributed by atoms with Gasteiger partial charge in [-0.15, -0.1) is 10.2 Å². The van der Waals surface area contributed by atoms with Crippen LogP contribution in [0, 0.1) is 5.82 Å². The minimum Gasteiger partial charge on any atom is -0.325 e. The summed E-state index contributed by atoms with van der Waals surface area (Å²) in [6.07, 6.45) is 0. The van der Waals surface area contributed by atoms with E-state index in [1.165, 1.54) is 42.1 Å². The van der Waals surface area contributed by atoms with Gasteiger partial charge < -0.3 is 5.32 Å². The first kappa shape index (κ1) is 23.6. The summed E-state index contributed by atoms with van der Waals surface area (Å²) in [4.78, 5) is 12.4. The number of benzene rings is 3. The van der Waals surface area contributed by atoms with Crippen LogP contribution in [-0.4, -0.2) is 34.8 Å². The van der Waals surface area contributed by atoms with Gasteiger partial charge in [0, 0.05) is 11.3 Å². The SMILES string of the molecule is NS(=O)(=O)c1cccc(NC(=O)CSc2nnc(-c3ccc(F)cc3)n2Cc2ccccc2)c1. The van der Waals surface area contributed by atoms with Gasteiger partial charge >= 0.3 is 0 Å². The Balaban J connectivity index is 1.53. The zero-order chi connectivity index (χ0) is 24.1. The van der Waals surface area contributed by atoms with E-state index in [9.17, 15) is 17.6 Å². The lowest BCUT2D eigenvalue weighted by molar-refractivity contribution is -0.113. The van der Waals surface area contributed by atoms with Gasteiger partial charge in [-0.3, -0.25) is 9.36 Å². The molecule has 4 aromatic rings. The van der Waals surface area contributed by atoms with Gasteiger partial charge in [0.2, 0.25) is 15.9 Å². The van der Waals surface area contributed by atoms with E-state index in [2.05, 4.69) is 15.5 Å². The lowest BCUT2D eigenvalue weighted by atomic mass is 10.2. The Labute approximate surface area is 200 Å². The first-order valence-corrected chi connectivity index (χ1v) is 12.6. The maximum atomic E-state index is 13.4. The Morgan fingerprint density at radius 1 is 1.00 bits per heavy atom. The van der Waals surface area contributed by atoms with E-state index in [0.717, 1.165) is 5.56 Å². The van der Waals surface area contributed by atoms with Crippen LogP contribution >= 0.6 is 11.8 Å². The van der Waals surface area contributed by atoms with E-state index in [0.29, 0.717) is 28.8 Å². The Kier molecular flexibility index (Phi) is 7.06. The van der Waals surface area contributed by atoms with Crippen LogP contribution in [0.2, 0.25) is 0 Å². The molecule has 3 aromatic carbocycles. The summed E-state index contributed by atoms with van der Waals surface area (Å²) < 4.78 is 38.3. The van der Waals surface area contributed by atoms with E-state index < -0.39 is 10.0 Å². The van der Waals surface area contributed by atoms with Crippen molar-refractivity contribution in [2.45, 2.75) is 16.6 Å². The molecule has 0 radical (unpaired) electrons. The molecule has 4 rings (SSSR count). The molecule has 0 saturated heterocycles. The fourth-order valence-corrected chi connectivity index (χ4v) is 4.49. The normalized spacial score (nSPS) is 11.4. The lowest BCUT2D eigenvalue weighted by Gasteiger charge is -2.11. The Bertz CT molecular complexity index is 1410. The number of nitrogens with zero attached hydrogens (tertiary/aromatic N) is 3. The van der Waals surface area contributed by atoms with Crippen LogP contribution in [0.3, 0.4) is 0 Å². The van der Waals surface area contributed by atoms with Crippen LogP contribution < -0.4 is 10.5 Å². The molecule has 1 heterocycles. The number of aromatic nitrogens is 3. The van der Waals surface area contributed by atoms with Crippen molar-refractivity contribution in [3.05, 3.63) is 90.2 Å². The fourth-order valence-electron chi connectivity index (χ4n) is 3.19. The number of primary sulfonamides is 1. The fraction of sp³-hybridized carbons (Fsp3) is 0.0870. The van der Waals surface area contributed by atoms with Crippen molar-refractivity contribution in [1.82, 2.24) is 14.8 Å². The van der Waals surface area contributed by atoms with Crippen molar-refractivity contribution in [3.63, 3.8) is 0 Å². The molecule has 1 amide bonds. The zero-order valence-electron chi connectivity index (χ0n) is 17.8. The average Bonchev–Trinajstić information content (AvgIpc) is 3.21. The van der Waals surface area contributed by atoms with Gasteiger partial charge in [0.05, 0.1) is 17.2 Å². The third-order valence-electron chi connectivity index (χ3n) is 4.78. The second kappa shape index (κ2) is 10.2. The minimum atomic E-state index is -3.88. The number of hydrogen-bond acceptors (Lipinski definition) is 6. The van der Waals surface area contributed by atoms with E-state index in [4.69, 9.17) is 5.14 Å². The zero-order valence-corrected chi connectivity index (χ0v) is 19.4. The number of carbonyl (C=O) groups excluding carboxylic acids is 1. The molecule has 0 bridgehead atoms. The minimum absolute atomic E-state index is 0.00986. The highest BCUT2D eigenvalue weighted by atomic mass is 32.2. The molecule has 3 N–H and O–H groups in total. The Morgan fingerprint density at radius 2 is 1.74 bits per heavy atom. The summed E-state index contributed by atoms with van der Waals surface area (Å²) in [7, 11) is -3.88. The summed E-state index contributed by atoms with van der Waals surface area (Å²) in [6, 6.07) is 21.4. The number of halogens is 1. The number of thioether (sulfide) groups is 1. The van der Waals surface area contributed by atoms with Crippen molar-refractivity contribution in [2.75, 3.05) is 11.1 Å². The molecular weight excluding hydrogens is 477 g/mol. The largest absolute Gasteiger partial charge is 0.325 e. The number of carbonyl (C=O) groups is 1. The van der Waals surface area contributed by atoms with Gasteiger partial charge in [-0.25, -0.2) is 17.9 Å². The van der Waals surface area contributed by atoms with Gasteiger partial charge in [0.1, 0.15) is 5.82 Å². The highest BCUT2D eigenvalue weighted by Crippen LogP contribution is 2.26. The van der Waals surface area contributed by atoms with Crippen molar-refractivity contribution >= 4 is 33.4 Å². The molecule has 0 unspecified atom stereocenters. The summed E-state index contributed by atoms with van der Waals surface area (Å²) in [5.74, 6) is -0.145. The van der Waals surface area contributed by atoms with Crippen LogP contribution in [0.1, 0.15) is 5.56 Å². The predicted molar refractivity (Wildman–Crippen MR) is 128 cm³/mol. The van der Waals surface area contributed by atoms with E-state index >= 15 is 0 Å². The van der Waals surface area contributed by atoms with E-state index in [1.807, 2.05) is 34.9 Å². The quantitative estimate of drug-likeness (QED) is 0.360. The van der Waals surface area contributed by atoms with Crippen LogP contribution in [-0.2, 0) is 21.4 Å². The molecule has 0 aliphatic rings. The average molecular weight is 498 g/mol. The van der Waals surface area contributed by atoms with E-state index in [-0.39, 0.29) is 22.4 Å². The van der Waals surface area contributed by atoms with Gasteiger partial charge in [-0.05, 0) is 48.0 Å². The number of nitrogens with one attached hydrogen (secondary N) is 1. The van der Waals surface area contributed by atoms with Gasteiger partial charge in [-0.2, -0.15) is 0 Å². The highest BCUT2D eigenvalue weighted by Gasteiger charge is 2.17. The number of amides is 1. The number of nitrogens with two attached hydrogens (primary N) is 1. The monoisotopic (exact) mass is 497 g/mol. The van der Waals surface area contributed by atoms with Crippen LogP contribution in [0.25, 0.3) is 11.4 Å². The third-order valence-corrected chi connectivity index (χ3v) is 6.66. The maximum Gasteiger partial charge on any atom is 0.238 e.